The van der Waals surface area contributed by atoms with Gasteiger partial charge in [-0.1, -0.05) is 15.9 Å². The first-order valence-electron chi connectivity index (χ1n) is 5.72. The van der Waals surface area contributed by atoms with Gasteiger partial charge in [0.2, 0.25) is 5.91 Å². The van der Waals surface area contributed by atoms with Gasteiger partial charge in [-0.05, 0) is 50.5 Å². The molecule has 0 fully saturated rings. The van der Waals surface area contributed by atoms with Gasteiger partial charge in [0.15, 0.2) is 0 Å². The number of nitrogens with one attached hydrogen (secondary N) is 1. The van der Waals surface area contributed by atoms with E-state index in [1.807, 2.05) is 32.9 Å². The van der Waals surface area contributed by atoms with E-state index in [-0.39, 0.29) is 11.9 Å². The molecule has 1 atom stereocenters. The SMILES string of the molecule is Cc1cc(NC(=O)CCC(C)N)cc(C)c1Br. The van der Waals surface area contributed by atoms with Crippen LogP contribution in [0.2, 0.25) is 0 Å². The van der Waals surface area contributed by atoms with Crippen LogP contribution in [0, 0.1) is 13.8 Å². The quantitative estimate of drug-likeness (QED) is 0.897. The molecule has 4 heteroatoms. The number of halogens is 1. The lowest BCUT2D eigenvalue weighted by atomic mass is 10.1. The van der Waals surface area contributed by atoms with Crippen molar-refractivity contribution in [3.8, 4) is 0 Å². The largest absolute Gasteiger partial charge is 0.328 e. The van der Waals surface area contributed by atoms with Crippen LogP contribution >= 0.6 is 15.9 Å². The van der Waals surface area contributed by atoms with Crippen molar-refractivity contribution < 1.29 is 4.79 Å². The molecule has 1 unspecified atom stereocenters. The predicted octanol–water partition coefficient (Wildman–Crippen LogP) is 3.13. The van der Waals surface area contributed by atoms with Gasteiger partial charge in [0.25, 0.3) is 0 Å². The van der Waals surface area contributed by atoms with E-state index >= 15 is 0 Å². The highest BCUT2D eigenvalue weighted by atomic mass is 79.9. The summed E-state index contributed by atoms with van der Waals surface area (Å²) in [5.41, 5.74) is 8.70. The minimum absolute atomic E-state index is 0.0171. The first kappa shape index (κ1) is 14.2. The lowest BCUT2D eigenvalue weighted by molar-refractivity contribution is -0.116. The number of carbonyl (C=O) groups is 1. The molecule has 0 bridgehead atoms. The van der Waals surface area contributed by atoms with E-state index in [1.54, 1.807) is 0 Å². The Kier molecular flexibility index (Phi) is 5.15. The summed E-state index contributed by atoms with van der Waals surface area (Å²) in [6.45, 7) is 5.92. The number of hydrogen-bond acceptors (Lipinski definition) is 2. The van der Waals surface area contributed by atoms with Gasteiger partial charge in [-0.15, -0.1) is 0 Å². The summed E-state index contributed by atoms with van der Waals surface area (Å²) in [5.74, 6) is 0.0171. The van der Waals surface area contributed by atoms with Crippen LogP contribution in [0.1, 0.15) is 30.9 Å². The van der Waals surface area contributed by atoms with Gasteiger partial charge in [0.1, 0.15) is 0 Å². The maximum absolute atomic E-state index is 11.6. The van der Waals surface area contributed by atoms with E-state index in [4.69, 9.17) is 5.73 Å². The number of amides is 1. The summed E-state index contributed by atoms with van der Waals surface area (Å²) >= 11 is 3.50. The van der Waals surface area contributed by atoms with Crippen molar-refractivity contribution in [3.63, 3.8) is 0 Å². The third-order valence-corrected chi connectivity index (χ3v) is 3.80. The second-order valence-corrected chi connectivity index (χ2v) is 5.28. The molecule has 17 heavy (non-hydrogen) atoms. The number of carbonyl (C=O) groups excluding carboxylic acids is 1. The molecule has 3 nitrogen and oxygen atoms in total. The zero-order valence-corrected chi connectivity index (χ0v) is 12.1. The molecule has 0 aromatic heterocycles. The van der Waals surface area contributed by atoms with Crippen LogP contribution in [0.5, 0.6) is 0 Å². The van der Waals surface area contributed by atoms with Crippen LogP contribution in [0.25, 0.3) is 0 Å². The van der Waals surface area contributed by atoms with Gasteiger partial charge in [0, 0.05) is 22.6 Å². The normalized spacial score (nSPS) is 12.3. The highest BCUT2D eigenvalue weighted by molar-refractivity contribution is 9.10. The number of benzene rings is 1. The van der Waals surface area contributed by atoms with Crippen molar-refractivity contribution >= 4 is 27.5 Å². The summed E-state index contributed by atoms with van der Waals surface area (Å²) in [7, 11) is 0. The number of hydrogen-bond donors (Lipinski definition) is 2. The van der Waals surface area contributed by atoms with Crippen molar-refractivity contribution in [1.29, 1.82) is 0 Å². The number of nitrogens with two attached hydrogens (primary N) is 1. The third kappa shape index (κ3) is 4.48. The highest BCUT2D eigenvalue weighted by Gasteiger charge is 2.07. The van der Waals surface area contributed by atoms with Gasteiger partial charge < -0.3 is 11.1 Å². The van der Waals surface area contributed by atoms with Crippen molar-refractivity contribution in [2.24, 2.45) is 5.73 Å². The van der Waals surface area contributed by atoms with Crippen LogP contribution < -0.4 is 11.1 Å². The van der Waals surface area contributed by atoms with Crippen LogP contribution in [0.4, 0.5) is 5.69 Å². The maximum Gasteiger partial charge on any atom is 0.224 e. The zero-order chi connectivity index (χ0) is 13.0. The predicted molar refractivity (Wildman–Crippen MR) is 75.1 cm³/mol. The van der Waals surface area contributed by atoms with Crippen LogP contribution in [0.3, 0.4) is 0 Å². The van der Waals surface area contributed by atoms with E-state index in [0.717, 1.165) is 21.3 Å². The molecule has 94 valence electrons. The Morgan fingerprint density at radius 2 is 1.94 bits per heavy atom. The van der Waals surface area contributed by atoms with E-state index < -0.39 is 0 Å². The molecule has 0 aliphatic rings. The fourth-order valence-electron chi connectivity index (χ4n) is 1.60. The fourth-order valence-corrected chi connectivity index (χ4v) is 1.83. The van der Waals surface area contributed by atoms with E-state index in [1.165, 1.54) is 0 Å². The fraction of sp³-hybridized carbons (Fsp3) is 0.462. The van der Waals surface area contributed by atoms with E-state index in [9.17, 15) is 4.79 Å². The average molecular weight is 299 g/mol. The average Bonchev–Trinajstić information content (AvgIpc) is 2.23. The highest BCUT2D eigenvalue weighted by Crippen LogP contribution is 2.25. The Hall–Kier alpha value is -0.870. The molecule has 0 radical (unpaired) electrons. The molecule has 1 aromatic carbocycles. The van der Waals surface area contributed by atoms with Crippen molar-refractivity contribution in [2.45, 2.75) is 39.7 Å². The lowest BCUT2D eigenvalue weighted by Gasteiger charge is -2.10. The summed E-state index contributed by atoms with van der Waals surface area (Å²) < 4.78 is 1.09. The second-order valence-electron chi connectivity index (χ2n) is 4.49. The maximum atomic E-state index is 11.6. The molecule has 0 saturated heterocycles. The minimum atomic E-state index is 0.0171. The van der Waals surface area contributed by atoms with Crippen LogP contribution in [0.15, 0.2) is 16.6 Å². The van der Waals surface area contributed by atoms with Crippen molar-refractivity contribution in [1.82, 2.24) is 0 Å². The van der Waals surface area contributed by atoms with Gasteiger partial charge in [0.05, 0.1) is 0 Å². The molecular formula is C13H19BrN2O. The van der Waals surface area contributed by atoms with E-state index in [2.05, 4.69) is 21.2 Å². The molecular weight excluding hydrogens is 280 g/mol. The van der Waals surface area contributed by atoms with Gasteiger partial charge >= 0.3 is 0 Å². The Morgan fingerprint density at radius 3 is 2.41 bits per heavy atom. The molecule has 1 amide bonds. The molecule has 0 heterocycles. The molecule has 0 spiro atoms. The molecule has 1 rings (SSSR count). The van der Waals surface area contributed by atoms with E-state index in [0.29, 0.717) is 12.8 Å². The zero-order valence-electron chi connectivity index (χ0n) is 10.5. The van der Waals surface area contributed by atoms with Crippen molar-refractivity contribution in [3.05, 3.63) is 27.7 Å². The molecule has 1 aromatic rings. The molecule has 0 aliphatic heterocycles. The Morgan fingerprint density at radius 1 is 1.41 bits per heavy atom. The van der Waals surface area contributed by atoms with Gasteiger partial charge in [-0.2, -0.15) is 0 Å². The number of rotatable bonds is 4. The monoisotopic (exact) mass is 298 g/mol. The number of anilines is 1. The number of aryl methyl sites for hydroxylation is 2. The summed E-state index contributed by atoms with van der Waals surface area (Å²) in [6, 6.07) is 3.98. The molecule has 3 N–H and O–H groups in total. The second kappa shape index (κ2) is 6.17. The standard InChI is InChI=1S/C13H19BrN2O/c1-8-6-11(7-9(2)13(8)14)16-12(17)5-4-10(3)15/h6-7,10H,4-5,15H2,1-3H3,(H,16,17). The smallest absolute Gasteiger partial charge is 0.224 e. The Bertz CT molecular complexity index is 393. The summed E-state index contributed by atoms with van der Waals surface area (Å²) in [5, 5.41) is 2.89. The first-order chi connectivity index (χ1) is 7.90. The lowest BCUT2D eigenvalue weighted by Crippen LogP contribution is -2.19. The van der Waals surface area contributed by atoms with Crippen LogP contribution in [-0.4, -0.2) is 11.9 Å². The Labute approximate surface area is 111 Å². The summed E-state index contributed by atoms with van der Waals surface area (Å²) in [6.07, 6.45) is 1.17. The molecule has 0 aliphatic carbocycles. The van der Waals surface area contributed by atoms with Gasteiger partial charge in [-0.25, -0.2) is 0 Å². The van der Waals surface area contributed by atoms with Gasteiger partial charge in [-0.3, -0.25) is 4.79 Å². The first-order valence-corrected chi connectivity index (χ1v) is 6.51. The summed E-state index contributed by atoms with van der Waals surface area (Å²) in [4.78, 5) is 11.6. The minimum Gasteiger partial charge on any atom is -0.328 e. The topological polar surface area (TPSA) is 55.1 Å². The van der Waals surface area contributed by atoms with Crippen molar-refractivity contribution in [2.75, 3.05) is 5.32 Å². The Balaban J connectivity index is 2.66. The van der Waals surface area contributed by atoms with Crippen LogP contribution in [-0.2, 0) is 4.79 Å². The molecule has 0 saturated carbocycles. The third-order valence-electron chi connectivity index (χ3n) is 2.55.